The molecule has 0 amide bonds. The highest BCUT2D eigenvalue weighted by atomic mass is 32.2. The fourth-order valence-corrected chi connectivity index (χ4v) is 3.62. The minimum atomic E-state index is 0.681. The zero-order chi connectivity index (χ0) is 15.4. The second kappa shape index (κ2) is 6.93. The average Bonchev–Trinajstić information content (AvgIpc) is 3.15. The second-order valence-corrected chi connectivity index (χ2v) is 6.42. The molecule has 2 aromatic heterocycles. The molecule has 0 unspecified atom stereocenters. The van der Waals surface area contributed by atoms with Crippen LogP contribution in [0, 0.1) is 0 Å². The third-order valence-corrected chi connectivity index (χ3v) is 4.99. The highest BCUT2D eigenvalue weighted by Gasteiger charge is 2.07. The summed E-state index contributed by atoms with van der Waals surface area (Å²) in [7, 11) is 1.94. The molecule has 0 aliphatic rings. The Morgan fingerprint density at radius 2 is 2.09 bits per heavy atom. The van der Waals surface area contributed by atoms with Crippen LogP contribution in [-0.2, 0) is 12.8 Å². The number of ether oxygens (including phenoxy) is 1. The number of aromatic nitrogens is 4. The monoisotopic (exact) mass is 332 g/mol. The first-order valence-corrected chi connectivity index (χ1v) is 8.77. The van der Waals surface area contributed by atoms with Crippen LogP contribution in [-0.4, -0.2) is 26.4 Å². The summed E-state index contributed by atoms with van der Waals surface area (Å²) in [6, 6.07) is 8.05. The van der Waals surface area contributed by atoms with Crippen LogP contribution < -0.4 is 4.74 Å². The Morgan fingerprint density at radius 3 is 2.77 bits per heavy atom. The highest BCUT2D eigenvalue weighted by Crippen LogP contribution is 2.28. The van der Waals surface area contributed by atoms with Crippen molar-refractivity contribution in [3.05, 3.63) is 41.7 Å². The van der Waals surface area contributed by atoms with Crippen molar-refractivity contribution in [3.63, 3.8) is 0 Å². The number of thiazole rings is 1. The van der Waals surface area contributed by atoms with Crippen molar-refractivity contribution in [1.29, 1.82) is 0 Å². The van der Waals surface area contributed by atoms with Crippen LogP contribution >= 0.6 is 23.1 Å². The maximum absolute atomic E-state index is 5.46. The summed E-state index contributed by atoms with van der Waals surface area (Å²) in [5, 5.41) is 11.9. The Balaban J connectivity index is 1.66. The molecule has 1 aromatic carbocycles. The van der Waals surface area contributed by atoms with E-state index in [1.807, 2.05) is 42.8 Å². The number of aryl methyl sites for hydroxylation is 1. The zero-order valence-corrected chi connectivity index (χ0v) is 14.0. The molecule has 3 aromatic rings. The average molecular weight is 332 g/mol. The van der Waals surface area contributed by atoms with Gasteiger partial charge in [-0.15, -0.1) is 21.5 Å². The molecule has 0 fully saturated rings. The van der Waals surface area contributed by atoms with Gasteiger partial charge in [0.05, 0.1) is 12.3 Å². The van der Waals surface area contributed by atoms with E-state index in [-0.39, 0.29) is 0 Å². The van der Waals surface area contributed by atoms with Gasteiger partial charge in [0.1, 0.15) is 17.1 Å². The molecule has 0 aliphatic carbocycles. The lowest BCUT2D eigenvalue weighted by Crippen LogP contribution is -1.91. The van der Waals surface area contributed by atoms with Gasteiger partial charge in [0.25, 0.3) is 0 Å². The van der Waals surface area contributed by atoms with E-state index in [0.717, 1.165) is 32.9 Å². The zero-order valence-electron chi connectivity index (χ0n) is 12.4. The SMILES string of the molecule is CCOc1ccc(-c2nc(CSc3nncn3C)cs2)cc1. The summed E-state index contributed by atoms with van der Waals surface area (Å²) in [5.41, 5.74) is 2.17. The number of nitrogens with zero attached hydrogens (tertiary/aromatic N) is 4. The van der Waals surface area contributed by atoms with Crippen molar-refractivity contribution >= 4 is 23.1 Å². The van der Waals surface area contributed by atoms with Gasteiger partial charge in [-0.05, 0) is 31.2 Å². The minimum Gasteiger partial charge on any atom is -0.494 e. The molecule has 0 N–H and O–H groups in total. The summed E-state index contributed by atoms with van der Waals surface area (Å²) in [5.74, 6) is 1.68. The van der Waals surface area contributed by atoms with E-state index in [0.29, 0.717) is 6.61 Å². The Hall–Kier alpha value is -1.86. The van der Waals surface area contributed by atoms with Gasteiger partial charge >= 0.3 is 0 Å². The van der Waals surface area contributed by atoms with Gasteiger partial charge in [-0.25, -0.2) is 4.98 Å². The van der Waals surface area contributed by atoms with Crippen LogP contribution in [0.15, 0.2) is 41.1 Å². The van der Waals surface area contributed by atoms with Crippen LogP contribution in [0.4, 0.5) is 0 Å². The molecule has 0 saturated heterocycles. The third kappa shape index (κ3) is 3.48. The molecular formula is C15H16N4OS2. The van der Waals surface area contributed by atoms with Gasteiger partial charge in [0.15, 0.2) is 5.16 Å². The lowest BCUT2D eigenvalue weighted by atomic mass is 10.2. The highest BCUT2D eigenvalue weighted by molar-refractivity contribution is 7.98. The molecule has 7 heteroatoms. The Kier molecular flexibility index (Phi) is 4.74. The fraction of sp³-hybridized carbons (Fsp3) is 0.267. The maximum atomic E-state index is 5.46. The molecular weight excluding hydrogens is 316 g/mol. The molecule has 0 radical (unpaired) electrons. The van der Waals surface area contributed by atoms with Gasteiger partial charge in [0.2, 0.25) is 0 Å². The first-order chi connectivity index (χ1) is 10.8. The molecule has 0 saturated carbocycles. The van der Waals surface area contributed by atoms with Crippen molar-refractivity contribution in [1.82, 2.24) is 19.7 Å². The summed E-state index contributed by atoms with van der Waals surface area (Å²) >= 11 is 3.29. The predicted octanol–water partition coefficient (Wildman–Crippen LogP) is 3.63. The normalized spacial score (nSPS) is 10.8. The van der Waals surface area contributed by atoms with E-state index in [2.05, 4.69) is 20.6 Å². The Labute approximate surface area is 137 Å². The molecule has 22 heavy (non-hydrogen) atoms. The van der Waals surface area contributed by atoms with Crippen molar-refractivity contribution in [2.45, 2.75) is 17.8 Å². The third-order valence-electron chi connectivity index (χ3n) is 2.98. The van der Waals surface area contributed by atoms with Crippen molar-refractivity contribution in [2.24, 2.45) is 7.05 Å². The molecule has 5 nitrogen and oxygen atoms in total. The van der Waals surface area contributed by atoms with E-state index in [4.69, 9.17) is 4.74 Å². The van der Waals surface area contributed by atoms with Crippen molar-refractivity contribution < 1.29 is 4.74 Å². The van der Waals surface area contributed by atoms with Gasteiger partial charge < -0.3 is 9.30 Å². The topological polar surface area (TPSA) is 52.8 Å². The summed E-state index contributed by atoms with van der Waals surface area (Å²) < 4.78 is 7.36. The Bertz CT molecular complexity index is 736. The van der Waals surface area contributed by atoms with Gasteiger partial charge in [-0.1, -0.05) is 11.8 Å². The van der Waals surface area contributed by atoms with Gasteiger partial charge in [-0.3, -0.25) is 0 Å². The largest absolute Gasteiger partial charge is 0.494 e. The minimum absolute atomic E-state index is 0.681. The summed E-state index contributed by atoms with van der Waals surface area (Å²) in [6.45, 7) is 2.66. The van der Waals surface area contributed by atoms with Crippen LogP contribution in [0.5, 0.6) is 5.75 Å². The first kappa shape index (κ1) is 15.1. The molecule has 114 valence electrons. The lowest BCUT2D eigenvalue weighted by Gasteiger charge is -2.03. The van der Waals surface area contributed by atoms with E-state index in [1.54, 1.807) is 29.4 Å². The van der Waals surface area contributed by atoms with Gasteiger partial charge in [0, 0.05) is 23.7 Å². The quantitative estimate of drug-likeness (QED) is 0.645. The number of thioether (sulfide) groups is 1. The molecule has 0 aliphatic heterocycles. The molecule has 0 spiro atoms. The summed E-state index contributed by atoms with van der Waals surface area (Å²) in [4.78, 5) is 4.68. The number of hydrogen-bond donors (Lipinski definition) is 0. The predicted molar refractivity (Wildman–Crippen MR) is 89.3 cm³/mol. The maximum Gasteiger partial charge on any atom is 0.191 e. The standard InChI is InChI=1S/C15H16N4OS2/c1-3-20-13-6-4-11(5-7-13)14-17-12(8-21-14)9-22-15-18-16-10-19(15)2/h4-8,10H,3,9H2,1-2H3. The van der Waals surface area contributed by atoms with Crippen LogP contribution in [0.1, 0.15) is 12.6 Å². The van der Waals surface area contributed by atoms with Crippen LogP contribution in [0.2, 0.25) is 0 Å². The van der Waals surface area contributed by atoms with E-state index in [1.165, 1.54) is 0 Å². The number of rotatable bonds is 6. The number of hydrogen-bond acceptors (Lipinski definition) is 6. The van der Waals surface area contributed by atoms with Crippen LogP contribution in [0.25, 0.3) is 10.6 Å². The first-order valence-electron chi connectivity index (χ1n) is 6.90. The second-order valence-electron chi connectivity index (χ2n) is 4.61. The summed E-state index contributed by atoms with van der Waals surface area (Å²) in [6.07, 6.45) is 1.70. The van der Waals surface area contributed by atoms with Crippen LogP contribution in [0.3, 0.4) is 0 Å². The van der Waals surface area contributed by atoms with Crippen molar-refractivity contribution in [2.75, 3.05) is 6.61 Å². The van der Waals surface area contributed by atoms with Crippen molar-refractivity contribution in [3.8, 4) is 16.3 Å². The van der Waals surface area contributed by atoms with Gasteiger partial charge in [-0.2, -0.15) is 0 Å². The lowest BCUT2D eigenvalue weighted by molar-refractivity contribution is 0.340. The fourth-order valence-electron chi connectivity index (χ4n) is 1.91. The smallest absolute Gasteiger partial charge is 0.191 e. The number of benzene rings is 1. The molecule has 0 bridgehead atoms. The van der Waals surface area contributed by atoms with E-state index in [9.17, 15) is 0 Å². The molecule has 2 heterocycles. The Morgan fingerprint density at radius 1 is 1.27 bits per heavy atom. The van der Waals surface area contributed by atoms with E-state index < -0.39 is 0 Å². The van der Waals surface area contributed by atoms with E-state index >= 15 is 0 Å². The molecule has 0 atom stereocenters. The molecule has 3 rings (SSSR count).